The van der Waals surface area contributed by atoms with Gasteiger partial charge in [0.15, 0.2) is 0 Å². The van der Waals surface area contributed by atoms with Crippen LogP contribution in [0.15, 0.2) is 22.7 Å². The van der Waals surface area contributed by atoms with E-state index in [9.17, 15) is 4.79 Å². The number of amides is 1. The Morgan fingerprint density at radius 1 is 1.39 bits per heavy atom. The summed E-state index contributed by atoms with van der Waals surface area (Å²) in [5.74, 6) is -0.440. The first-order valence-corrected chi connectivity index (χ1v) is 6.85. The van der Waals surface area contributed by atoms with Crippen molar-refractivity contribution >= 4 is 27.5 Å². The van der Waals surface area contributed by atoms with E-state index < -0.39 is 5.91 Å². The van der Waals surface area contributed by atoms with Gasteiger partial charge in [-0.15, -0.1) is 0 Å². The average molecular weight is 314 g/mol. The molecule has 1 amide bonds. The quantitative estimate of drug-likeness (QED) is 0.754. The number of hydrogen-bond donors (Lipinski definition) is 3. The van der Waals surface area contributed by atoms with Crippen LogP contribution in [0, 0.1) is 0 Å². The summed E-state index contributed by atoms with van der Waals surface area (Å²) >= 11 is 3.35. The minimum Gasteiger partial charge on any atom is -0.378 e. The van der Waals surface area contributed by atoms with E-state index in [1.807, 2.05) is 12.1 Å². The normalized spacial score (nSPS) is 11.3. The minimum atomic E-state index is -0.440. The van der Waals surface area contributed by atoms with Gasteiger partial charge in [-0.1, -0.05) is 13.8 Å². The second kappa shape index (κ2) is 6.20. The molecule has 18 heavy (non-hydrogen) atoms. The highest BCUT2D eigenvalue weighted by atomic mass is 79.9. The molecule has 4 nitrogen and oxygen atoms in total. The summed E-state index contributed by atoms with van der Waals surface area (Å²) in [6.45, 7) is 4.78. The molecule has 5 heteroatoms. The minimum absolute atomic E-state index is 0.103. The van der Waals surface area contributed by atoms with Gasteiger partial charge < -0.3 is 16.8 Å². The van der Waals surface area contributed by atoms with Crippen LogP contribution in [0.25, 0.3) is 0 Å². The molecular weight excluding hydrogens is 294 g/mol. The highest BCUT2D eigenvalue weighted by Gasteiger charge is 2.24. The topological polar surface area (TPSA) is 81.1 Å². The number of nitrogens with two attached hydrogens (primary N) is 2. The van der Waals surface area contributed by atoms with Gasteiger partial charge in [0.05, 0.1) is 5.56 Å². The van der Waals surface area contributed by atoms with Crippen LogP contribution in [0.1, 0.15) is 37.0 Å². The van der Waals surface area contributed by atoms with Crippen LogP contribution in [0.5, 0.6) is 0 Å². The number of anilines is 1. The molecule has 100 valence electrons. The van der Waals surface area contributed by atoms with Crippen molar-refractivity contribution in [1.82, 2.24) is 0 Å². The van der Waals surface area contributed by atoms with E-state index in [1.165, 1.54) is 0 Å². The number of rotatable bonds is 6. The zero-order chi connectivity index (χ0) is 13.8. The summed E-state index contributed by atoms with van der Waals surface area (Å²) < 4.78 is 0.693. The van der Waals surface area contributed by atoms with Gasteiger partial charge in [0.2, 0.25) is 5.91 Å². The van der Waals surface area contributed by atoms with E-state index in [0.29, 0.717) is 16.6 Å². The zero-order valence-electron chi connectivity index (χ0n) is 10.8. The van der Waals surface area contributed by atoms with Crippen molar-refractivity contribution in [2.75, 3.05) is 11.9 Å². The first-order chi connectivity index (χ1) is 8.48. The third kappa shape index (κ3) is 3.23. The van der Waals surface area contributed by atoms with Crippen molar-refractivity contribution in [2.45, 2.75) is 32.2 Å². The van der Waals surface area contributed by atoms with Crippen LogP contribution in [-0.4, -0.2) is 18.0 Å². The first-order valence-electron chi connectivity index (χ1n) is 6.05. The lowest BCUT2D eigenvalue weighted by Gasteiger charge is -2.32. The van der Waals surface area contributed by atoms with E-state index in [-0.39, 0.29) is 5.54 Å². The number of benzene rings is 1. The van der Waals surface area contributed by atoms with Crippen molar-refractivity contribution in [3.8, 4) is 0 Å². The van der Waals surface area contributed by atoms with Gasteiger partial charge in [-0.2, -0.15) is 0 Å². The second-order valence-corrected chi connectivity index (χ2v) is 5.23. The summed E-state index contributed by atoms with van der Waals surface area (Å²) in [7, 11) is 0. The molecular formula is C13H20BrN3O. The van der Waals surface area contributed by atoms with E-state index in [4.69, 9.17) is 11.5 Å². The largest absolute Gasteiger partial charge is 0.378 e. The highest BCUT2D eigenvalue weighted by Crippen LogP contribution is 2.26. The Bertz CT molecular complexity index is 422. The molecule has 5 N–H and O–H groups in total. The molecule has 0 heterocycles. The predicted octanol–water partition coefficient (Wildman–Crippen LogP) is 2.48. The maximum atomic E-state index is 11.1. The van der Waals surface area contributed by atoms with E-state index in [0.717, 1.165) is 18.5 Å². The monoisotopic (exact) mass is 313 g/mol. The highest BCUT2D eigenvalue weighted by molar-refractivity contribution is 9.10. The molecule has 0 aromatic heterocycles. The van der Waals surface area contributed by atoms with Crippen LogP contribution in [-0.2, 0) is 0 Å². The maximum Gasteiger partial charge on any atom is 0.249 e. The average Bonchev–Trinajstić information content (AvgIpc) is 2.36. The predicted molar refractivity (Wildman–Crippen MR) is 78.7 cm³/mol. The number of halogens is 1. The van der Waals surface area contributed by atoms with E-state index in [2.05, 4.69) is 35.1 Å². The van der Waals surface area contributed by atoms with E-state index in [1.54, 1.807) is 6.07 Å². The van der Waals surface area contributed by atoms with Crippen molar-refractivity contribution in [2.24, 2.45) is 11.5 Å². The lowest BCUT2D eigenvalue weighted by molar-refractivity contribution is 0.0999. The SMILES string of the molecule is CCC(CC)(CN)Nc1ccc(C(N)=O)c(Br)c1. The lowest BCUT2D eigenvalue weighted by Crippen LogP contribution is -2.44. The molecule has 0 unspecified atom stereocenters. The molecule has 1 rings (SSSR count). The Hall–Kier alpha value is -1.07. The number of carbonyl (C=O) groups is 1. The lowest BCUT2D eigenvalue weighted by atomic mass is 9.92. The van der Waals surface area contributed by atoms with Gasteiger partial charge in [-0.25, -0.2) is 0 Å². The van der Waals surface area contributed by atoms with Gasteiger partial charge in [0.1, 0.15) is 0 Å². The van der Waals surface area contributed by atoms with Crippen LogP contribution in [0.2, 0.25) is 0 Å². The molecule has 0 saturated carbocycles. The molecule has 1 aromatic rings. The summed E-state index contributed by atoms with van der Waals surface area (Å²) in [5.41, 5.74) is 12.4. The maximum absolute atomic E-state index is 11.1. The Kier molecular flexibility index (Phi) is 5.16. The van der Waals surface area contributed by atoms with Crippen molar-refractivity contribution < 1.29 is 4.79 Å². The molecule has 0 spiro atoms. The molecule has 0 atom stereocenters. The van der Waals surface area contributed by atoms with Crippen molar-refractivity contribution in [1.29, 1.82) is 0 Å². The van der Waals surface area contributed by atoms with Gasteiger partial charge in [-0.05, 0) is 47.0 Å². The molecule has 0 aliphatic carbocycles. The molecule has 1 aromatic carbocycles. The van der Waals surface area contributed by atoms with Gasteiger partial charge in [-0.3, -0.25) is 4.79 Å². The fourth-order valence-corrected chi connectivity index (χ4v) is 2.44. The van der Waals surface area contributed by atoms with E-state index >= 15 is 0 Å². The smallest absolute Gasteiger partial charge is 0.249 e. The van der Waals surface area contributed by atoms with Gasteiger partial charge in [0.25, 0.3) is 0 Å². The summed E-state index contributed by atoms with van der Waals surface area (Å²) in [6, 6.07) is 5.41. The Labute approximate surface area is 116 Å². The third-order valence-electron chi connectivity index (χ3n) is 3.39. The number of nitrogens with one attached hydrogen (secondary N) is 1. The number of hydrogen-bond acceptors (Lipinski definition) is 3. The molecule has 0 fully saturated rings. The van der Waals surface area contributed by atoms with Gasteiger partial charge >= 0.3 is 0 Å². The molecule has 0 radical (unpaired) electrons. The summed E-state index contributed by atoms with van der Waals surface area (Å²) in [5, 5.41) is 3.44. The summed E-state index contributed by atoms with van der Waals surface area (Å²) in [6.07, 6.45) is 1.88. The molecule has 0 aliphatic heterocycles. The Balaban J connectivity index is 2.98. The Morgan fingerprint density at radius 3 is 2.39 bits per heavy atom. The van der Waals surface area contributed by atoms with Crippen LogP contribution >= 0.6 is 15.9 Å². The second-order valence-electron chi connectivity index (χ2n) is 4.38. The van der Waals surface area contributed by atoms with Gasteiger partial charge in [0, 0.05) is 22.2 Å². The van der Waals surface area contributed by atoms with Crippen LogP contribution < -0.4 is 16.8 Å². The van der Waals surface area contributed by atoms with Crippen molar-refractivity contribution in [3.63, 3.8) is 0 Å². The first kappa shape index (κ1) is 15.0. The fourth-order valence-electron chi connectivity index (χ4n) is 1.87. The van der Waals surface area contributed by atoms with Crippen LogP contribution in [0.4, 0.5) is 5.69 Å². The van der Waals surface area contributed by atoms with Crippen LogP contribution in [0.3, 0.4) is 0 Å². The molecule has 0 bridgehead atoms. The zero-order valence-corrected chi connectivity index (χ0v) is 12.4. The number of carbonyl (C=O) groups excluding carboxylic acids is 1. The standard InChI is InChI=1S/C13H20BrN3O/c1-3-13(4-2,8-15)17-9-5-6-10(12(16)18)11(14)7-9/h5-7,17H,3-4,8,15H2,1-2H3,(H2,16,18). The molecule has 0 aliphatic rings. The number of primary amides is 1. The fraction of sp³-hybridized carbons (Fsp3) is 0.462. The van der Waals surface area contributed by atoms with Crippen molar-refractivity contribution in [3.05, 3.63) is 28.2 Å². The Morgan fingerprint density at radius 2 is 2.00 bits per heavy atom. The third-order valence-corrected chi connectivity index (χ3v) is 4.04. The molecule has 0 saturated heterocycles. The summed E-state index contributed by atoms with van der Waals surface area (Å²) in [4.78, 5) is 11.1.